The van der Waals surface area contributed by atoms with Gasteiger partial charge in [0, 0.05) is 44.8 Å². The normalized spacial score (nSPS) is 20.4. The minimum atomic E-state index is -0.00821. The zero-order valence-corrected chi connectivity index (χ0v) is 15.4. The topological polar surface area (TPSA) is 71.6 Å². The van der Waals surface area contributed by atoms with Crippen LogP contribution in [0.1, 0.15) is 10.4 Å². The maximum absolute atomic E-state index is 12.8. The number of benzene rings is 1. The van der Waals surface area contributed by atoms with Gasteiger partial charge in [0.25, 0.3) is 5.91 Å². The third kappa shape index (κ3) is 4.17. The number of morpholine rings is 1. The summed E-state index contributed by atoms with van der Waals surface area (Å²) >= 11 is 0. The minimum Gasteiger partial charge on any atom is -0.486 e. The van der Waals surface area contributed by atoms with E-state index in [0.29, 0.717) is 89.3 Å². The molecule has 3 aliphatic heterocycles. The molecule has 8 nitrogen and oxygen atoms in total. The smallest absolute Gasteiger partial charge is 0.254 e. The van der Waals surface area contributed by atoms with Crippen molar-refractivity contribution in [2.24, 2.45) is 0 Å². The number of rotatable bonds is 3. The summed E-state index contributed by atoms with van der Waals surface area (Å²) < 4.78 is 16.4. The van der Waals surface area contributed by atoms with Gasteiger partial charge in [-0.1, -0.05) is 0 Å². The molecule has 3 aliphatic rings. The Hall–Kier alpha value is -2.32. The number of ether oxygens (including phenoxy) is 3. The van der Waals surface area contributed by atoms with Crippen LogP contribution in [0.15, 0.2) is 18.2 Å². The quantitative estimate of drug-likeness (QED) is 0.745. The van der Waals surface area contributed by atoms with Gasteiger partial charge < -0.3 is 24.0 Å². The van der Waals surface area contributed by atoms with Gasteiger partial charge in [0.2, 0.25) is 5.91 Å². The number of carbonyl (C=O) groups excluding carboxylic acids is 2. The summed E-state index contributed by atoms with van der Waals surface area (Å²) in [6.45, 7) is 6.64. The van der Waals surface area contributed by atoms with E-state index in [-0.39, 0.29) is 11.8 Å². The van der Waals surface area contributed by atoms with Crippen LogP contribution in [0.4, 0.5) is 0 Å². The lowest BCUT2D eigenvalue weighted by atomic mass is 10.1. The molecule has 0 aromatic heterocycles. The standard InChI is InChI=1S/C19H25N3O5/c23-18(21-7-9-25-10-8-21)14-20-3-5-22(6-4-20)19(24)15-1-2-16-17(13-15)27-12-11-26-16/h1-2,13H,3-12,14H2. The fourth-order valence-corrected chi connectivity index (χ4v) is 3.57. The molecular formula is C19H25N3O5. The van der Waals surface area contributed by atoms with E-state index in [2.05, 4.69) is 4.90 Å². The highest BCUT2D eigenvalue weighted by Crippen LogP contribution is 2.31. The van der Waals surface area contributed by atoms with Crippen LogP contribution in [-0.4, -0.2) is 98.8 Å². The van der Waals surface area contributed by atoms with Gasteiger partial charge in [-0.05, 0) is 18.2 Å². The van der Waals surface area contributed by atoms with E-state index in [1.54, 1.807) is 18.2 Å². The van der Waals surface area contributed by atoms with Gasteiger partial charge in [-0.3, -0.25) is 14.5 Å². The first-order valence-corrected chi connectivity index (χ1v) is 9.47. The SMILES string of the molecule is O=C(CN1CCN(C(=O)c2ccc3c(c2)OCCO3)CC1)N1CCOCC1. The Balaban J connectivity index is 1.29. The molecule has 0 saturated carbocycles. The number of hydrogen-bond acceptors (Lipinski definition) is 6. The van der Waals surface area contributed by atoms with Crippen LogP contribution in [0.2, 0.25) is 0 Å². The largest absolute Gasteiger partial charge is 0.486 e. The van der Waals surface area contributed by atoms with Crippen LogP contribution in [0.5, 0.6) is 11.5 Å². The molecule has 0 aliphatic carbocycles. The molecule has 2 amide bonds. The molecule has 1 aromatic rings. The number of nitrogens with zero attached hydrogens (tertiary/aromatic N) is 3. The maximum atomic E-state index is 12.8. The summed E-state index contributed by atoms with van der Waals surface area (Å²) in [6, 6.07) is 5.33. The molecule has 2 saturated heterocycles. The predicted molar refractivity (Wildman–Crippen MR) is 97.2 cm³/mol. The van der Waals surface area contributed by atoms with Gasteiger partial charge in [-0.25, -0.2) is 0 Å². The molecule has 27 heavy (non-hydrogen) atoms. The summed E-state index contributed by atoms with van der Waals surface area (Å²) in [6.07, 6.45) is 0. The van der Waals surface area contributed by atoms with Crippen molar-refractivity contribution in [2.45, 2.75) is 0 Å². The Kier molecular flexibility index (Phi) is 5.45. The predicted octanol–water partition coefficient (Wildman–Crippen LogP) is 0.0744. The number of fused-ring (bicyclic) bond motifs is 1. The van der Waals surface area contributed by atoms with Crippen molar-refractivity contribution in [2.75, 3.05) is 72.2 Å². The van der Waals surface area contributed by atoms with Crippen LogP contribution in [0.3, 0.4) is 0 Å². The number of piperazine rings is 1. The third-order valence-electron chi connectivity index (χ3n) is 5.17. The highest BCUT2D eigenvalue weighted by atomic mass is 16.6. The van der Waals surface area contributed by atoms with E-state index < -0.39 is 0 Å². The molecule has 8 heteroatoms. The monoisotopic (exact) mass is 375 g/mol. The summed E-state index contributed by atoms with van der Waals surface area (Å²) in [5, 5.41) is 0. The second-order valence-corrected chi connectivity index (χ2v) is 6.92. The molecule has 0 spiro atoms. The Bertz CT molecular complexity index is 697. The van der Waals surface area contributed by atoms with Crippen LogP contribution in [0, 0.1) is 0 Å². The summed E-state index contributed by atoms with van der Waals surface area (Å²) in [7, 11) is 0. The average Bonchev–Trinajstić information content (AvgIpc) is 2.74. The van der Waals surface area contributed by atoms with Crippen LogP contribution < -0.4 is 9.47 Å². The van der Waals surface area contributed by atoms with E-state index in [1.807, 2.05) is 9.80 Å². The Labute approximate surface area is 158 Å². The van der Waals surface area contributed by atoms with Crippen molar-refractivity contribution in [1.29, 1.82) is 0 Å². The molecule has 2 fully saturated rings. The number of hydrogen-bond donors (Lipinski definition) is 0. The first-order chi connectivity index (χ1) is 13.2. The number of amides is 2. The fraction of sp³-hybridized carbons (Fsp3) is 0.579. The van der Waals surface area contributed by atoms with Gasteiger partial charge >= 0.3 is 0 Å². The zero-order valence-electron chi connectivity index (χ0n) is 15.4. The lowest BCUT2D eigenvalue weighted by Crippen LogP contribution is -2.52. The van der Waals surface area contributed by atoms with Crippen molar-refractivity contribution in [3.05, 3.63) is 23.8 Å². The van der Waals surface area contributed by atoms with Gasteiger partial charge in [0.1, 0.15) is 13.2 Å². The third-order valence-corrected chi connectivity index (χ3v) is 5.17. The maximum Gasteiger partial charge on any atom is 0.254 e. The summed E-state index contributed by atoms with van der Waals surface area (Å²) in [4.78, 5) is 31.0. The Morgan fingerprint density at radius 2 is 1.52 bits per heavy atom. The average molecular weight is 375 g/mol. The van der Waals surface area contributed by atoms with Crippen molar-refractivity contribution in [3.8, 4) is 11.5 Å². The van der Waals surface area contributed by atoms with Crippen LogP contribution in [-0.2, 0) is 9.53 Å². The first kappa shape index (κ1) is 18.1. The van der Waals surface area contributed by atoms with E-state index >= 15 is 0 Å². The van der Waals surface area contributed by atoms with Crippen molar-refractivity contribution in [1.82, 2.24) is 14.7 Å². The molecule has 0 unspecified atom stereocenters. The van der Waals surface area contributed by atoms with Crippen LogP contribution >= 0.6 is 0 Å². The molecule has 0 radical (unpaired) electrons. The van der Waals surface area contributed by atoms with E-state index in [9.17, 15) is 9.59 Å². The molecule has 0 bridgehead atoms. The number of carbonyl (C=O) groups is 2. The molecule has 0 atom stereocenters. The molecular weight excluding hydrogens is 350 g/mol. The highest BCUT2D eigenvalue weighted by Gasteiger charge is 2.26. The molecule has 0 N–H and O–H groups in total. The zero-order chi connectivity index (χ0) is 18.6. The van der Waals surface area contributed by atoms with Crippen molar-refractivity contribution >= 4 is 11.8 Å². The first-order valence-electron chi connectivity index (χ1n) is 9.47. The Morgan fingerprint density at radius 1 is 0.815 bits per heavy atom. The Morgan fingerprint density at radius 3 is 2.26 bits per heavy atom. The van der Waals surface area contributed by atoms with E-state index in [1.165, 1.54) is 0 Å². The molecule has 146 valence electrons. The molecule has 3 heterocycles. The fourth-order valence-electron chi connectivity index (χ4n) is 3.57. The highest BCUT2D eigenvalue weighted by molar-refractivity contribution is 5.95. The molecule has 1 aromatic carbocycles. The van der Waals surface area contributed by atoms with Gasteiger partial charge in [0.15, 0.2) is 11.5 Å². The van der Waals surface area contributed by atoms with E-state index in [0.717, 1.165) is 0 Å². The second kappa shape index (κ2) is 8.14. The summed E-state index contributed by atoms with van der Waals surface area (Å²) in [5.74, 6) is 1.45. The lowest BCUT2D eigenvalue weighted by molar-refractivity contribution is -0.136. The van der Waals surface area contributed by atoms with Gasteiger partial charge in [-0.2, -0.15) is 0 Å². The van der Waals surface area contributed by atoms with Crippen molar-refractivity contribution < 1.29 is 23.8 Å². The minimum absolute atomic E-state index is 0.00821. The molecule has 4 rings (SSSR count). The van der Waals surface area contributed by atoms with Crippen LogP contribution in [0.25, 0.3) is 0 Å². The van der Waals surface area contributed by atoms with Gasteiger partial charge in [0.05, 0.1) is 19.8 Å². The van der Waals surface area contributed by atoms with Gasteiger partial charge in [-0.15, -0.1) is 0 Å². The van der Waals surface area contributed by atoms with E-state index in [4.69, 9.17) is 14.2 Å². The second-order valence-electron chi connectivity index (χ2n) is 6.92. The van der Waals surface area contributed by atoms with Crippen molar-refractivity contribution in [3.63, 3.8) is 0 Å². The summed E-state index contributed by atoms with van der Waals surface area (Å²) in [5.41, 5.74) is 0.608. The lowest BCUT2D eigenvalue weighted by Gasteiger charge is -2.36.